The number of anilines is 1. The molecule has 16 heavy (non-hydrogen) atoms. The molecule has 1 aliphatic rings. The lowest BCUT2D eigenvalue weighted by atomic mass is 10.2. The number of aromatic carboxylic acids is 1. The summed E-state index contributed by atoms with van der Waals surface area (Å²) in [6, 6.07) is 3.07. The lowest BCUT2D eigenvalue weighted by molar-refractivity contribution is 0.0696. The van der Waals surface area contributed by atoms with Crippen molar-refractivity contribution in [2.75, 3.05) is 31.2 Å². The minimum Gasteiger partial charge on any atom is -0.478 e. The molecule has 0 radical (unpaired) electrons. The van der Waals surface area contributed by atoms with E-state index in [1.807, 2.05) is 4.90 Å². The van der Waals surface area contributed by atoms with Gasteiger partial charge in [-0.25, -0.2) is 9.78 Å². The lowest BCUT2D eigenvalue weighted by Crippen LogP contribution is -2.36. The van der Waals surface area contributed by atoms with Gasteiger partial charge in [-0.15, -0.1) is 0 Å². The molecule has 0 aliphatic carbocycles. The number of aromatic nitrogens is 1. The number of carboxylic acid groups (broad SMARTS) is 1. The summed E-state index contributed by atoms with van der Waals surface area (Å²) in [7, 11) is 0. The van der Waals surface area contributed by atoms with E-state index < -0.39 is 5.97 Å². The van der Waals surface area contributed by atoms with Gasteiger partial charge in [0.15, 0.2) is 0 Å². The van der Waals surface area contributed by atoms with Crippen LogP contribution in [0.25, 0.3) is 0 Å². The Balaban J connectivity index is 2.28. The molecule has 1 aromatic rings. The minimum atomic E-state index is -0.947. The zero-order valence-corrected chi connectivity index (χ0v) is 10.1. The van der Waals surface area contributed by atoms with Crippen LogP contribution >= 0.6 is 15.9 Å². The number of morpholine rings is 1. The lowest BCUT2D eigenvalue weighted by Gasteiger charge is -2.28. The summed E-state index contributed by atoms with van der Waals surface area (Å²) in [6.07, 6.45) is 0. The molecule has 0 spiro atoms. The van der Waals surface area contributed by atoms with Gasteiger partial charge in [0.1, 0.15) is 10.4 Å². The monoisotopic (exact) mass is 286 g/mol. The van der Waals surface area contributed by atoms with Crippen molar-refractivity contribution < 1.29 is 14.6 Å². The van der Waals surface area contributed by atoms with E-state index in [9.17, 15) is 4.79 Å². The predicted molar refractivity (Wildman–Crippen MR) is 61.9 cm³/mol. The topological polar surface area (TPSA) is 62.7 Å². The first kappa shape index (κ1) is 11.3. The Morgan fingerprint density at radius 3 is 2.75 bits per heavy atom. The molecule has 6 heteroatoms. The number of carbonyl (C=O) groups is 1. The number of nitrogens with zero attached hydrogens (tertiary/aromatic N) is 2. The third kappa shape index (κ3) is 2.51. The van der Waals surface area contributed by atoms with Crippen molar-refractivity contribution in [2.24, 2.45) is 0 Å². The second-order valence-electron chi connectivity index (χ2n) is 3.44. The van der Waals surface area contributed by atoms with Crippen LogP contribution in [0.15, 0.2) is 16.7 Å². The Bertz CT molecular complexity index is 405. The molecule has 2 heterocycles. The Hall–Kier alpha value is -1.14. The number of halogens is 1. The molecule has 0 unspecified atom stereocenters. The fourth-order valence-electron chi connectivity index (χ4n) is 1.56. The van der Waals surface area contributed by atoms with Crippen molar-refractivity contribution in [1.29, 1.82) is 0 Å². The largest absolute Gasteiger partial charge is 0.478 e. The summed E-state index contributed by atoms with van der Waals surface area (Å²) in [5.74, 6) is -0.271. The van der Waals surface area contributed by atoms with Crippen molar-refractivity contribution in [3.05, 3.63) is 22.3 Å². The van der Waals surface area contributed by atoms with Crippen LogP contribution in [-0.2, 0) is 4.74 Å². The molecule has 5 nitrogen and oxygen atoms in total. The van der Waals surface area contributed by atoms with Crippen molar-refractivity contribution in [2.45, 2.75) is 0 Å². The highest BCUT2D eigenvalue weighted by Crippen LogP contribution is 2.19. The molecule has 0 saturated carbocycles. The highest BCUT2D eigenvalue weighted by molar-refractivity contribution is 9.10. The van der Waals surface area contributed by atoms with Crippen LogP contribution < -0.4 is 4.90 Å². The maximum atomic E-state index is 10.9. The van der Waals surface area contributed by atoms with Crippen molar-refractivity contribution in [3.8, 4) is 0 Å². The maximum Gasteiger partial charge on any atom is 0.335 e. The van der Waals surface area contributed by atoms with Gasteiger partial charge in [0.05, 0.1) is 18.8 Å². The molecule has 0 atom stereocenters. The van der Waals surface area contributed by atoms with Gasteiger partial charge in [-0.05, 0) is 28.1 Å². The van der Waals surface area contributed by atoms with E-state index in [0.717, 1.165) is 13.1 Å². The number of rotatable bonds is 2. The van der Waals surface area contributed by atoms with E-state index in [2.05, 4.69) is 20.9 Å². The van der Waals surface area contributed by atoms with Gasteiger partial charge in [0.25, 0.3) is 0 Å². The van der Waals surface area contributed by atoms with Gasteiger partial charge in [0, 0.05) is 13.1 Å². The zero-order valence-electron chi connectivity index (χ0n) is 8.52. The molecule has 1 fully saturated rings. The third-order valence-corrected chi connectivity index (χ3v) is 2.77. The maximum absolute atomic E-state index is 10.9. The van der Waals surface area contributed by atoms with Crippen LogP contribution in [0, 0.1) is 0 Å². The molecule has 86 valence electrons. The number of hydrogen-bond donors (Lipinski definition) is 1. The molecular weight excluding hydrogens is 276 g/mol. The Morgan fingerprint density at radius 1 is 1.44 bits per heavy atom. The Morgan fingerprint density at radius 2 is 2.12 bits per heavy atom. The van der Waals surface area contributed by atoms with Gasteiger partial charge < -0.3 is 14.7 Å². The van der Waals surface area contributed by atoms with E-state index in [-0.39, 0.29) is 5.56 Å². The van der Waals surface area contributed by atoms with Crippen LogP contribution in [0.2, 0.25) is 0 Å². The summed E-state index contributed by atoms with van der Waals surface area (Å²) < 4.78 is 5.77. The van der Waals surface area contributed by atoms with Crippen LogP contribution in [0.3, 0.4) is 0 Å². The first-order valence-corrected chi connectivity index (χ1v) is 5.70. The van der Waals surface area contributed by atoms with Crippen LogP contribution in [0.5, 0.6) is 0 Å². The molecule has 2 rings (SSSR count). The third-order valence-electron chi connectivity index (χ3n) is 2.36. The SMILES string of the molecule is O=C(O)c1cc(Br)nc(N2CCOCC2)c1. The van der Waals surface area contributed by atoms with E-state index in [1.54, 1.807) is 6.07 Å². The quantitative estimate of drug-likeness (QED) is 0.833. The summed E-state index contributed by atoms with van der Waals surface area (Å²) in [6.45, 7) is 2.78. The molecule has 0 amide bonds. The van der Waals surface area contributed by atoms with Crippen molar-refractivity contribution in [3.63, 3.8) is 0 Å². The van der Waals surface area contributed by atoms with Crippen LogP contribution in [-0.4, -0.2) is 42.4 Å². The second kappa shape index (κ2) is 4.80. The molecule has 1 saturated heterocycles. The second-order valence-corrected chi connectivity index (χ2v) is 4.25. The number of ether oxygens (including phenoxy) is 1. The van der Waals surface area contributed by atoms with E-state index in [4.69, 9.17) is 9.84 Å². The van der Waals surface area contributed by atoms with Gasteiger partial charge in [-0.1, -0.05) is 0 Å². The van der Waals surface area contributed by atoms with Gasteiger partial charge in [0.2, 0.25) is 0 Å². The van der Waals surface area contributed by atoms with Crippen molar-refractivity contribution in [1.82, 2.24) is 4.98 Å². The van der Waals surface area contributed by atoms with Gasteiger partial charge >= 0.3 is 5.97 Å². The van der Waals surface area contributed by atoms with Gasteiger partial charge in [-0.3, -0.25) is 0 Å². The molecule has 0 bridgehead atoms. The zero-order chi connectivity index (χ0) is 11.5. The number of carboxylic acids is 1. The summed E-state index contributed by atoms with van der Waals surface area (Å²) in [4.78, 5) is 17.2. The molecule has 1 N–H and O–H groups in total. The Kier molecular flexibility index (Phi) is 3.40. The standard InChI is InChI=1S/C10H11BrN2O3/c11-8-5-7(10(14)15)6-9(12-8)13-1-3-16-4-2-13/h5-6H,1-4H2,(H,14,15). The average molecular weight is 287 g/mol. The molecule has 1 aromatic heterocycles. The summed E-state index contributed by atoms with van der Waals surface area (Å²) >= 11 is 3.22. The first-order valence-electron chi connectivity index (χ1n) is 4.90. The average Bonchev–Trinajstić information content (AvgIpc) is 2.29. The first-order chi connectivity index (χ1) is 7.66. The molecule has 1 aliphatic heterocycles. The number of hydrogen-bond acceptors (Lipinski definition) is 4. The number of pyridine rings is 1. The van der Waals surface area contributed by atoms with E-state index in [1.165, 1.54) is 6.07 Å². The van der Waals surface area contributed by atoms with E-state index >= 15 is 0 Å². The van der Waals surface area contributed by atoms with Crippen molar-refractivity contribution >= 4 is 27.7 Å². The van der Waals surface area contributed by atoms with Gasteiger partial charge in [-0.2, -0.15) is 0 Å². The summed E-state index contributed by atoms with van der Waals surface area (Å²) in [5, 5.41) is 8.94. The summed E-state index contributed by atoms with van der Waals surface area (Å²) in [5.41, 5.74) is 0.239. The highest BCUT2D eigenvalue weighted by atomic mass is 79.9. The Labute approximate surface area is 101 Å². The molecule has 0 aromatic carbocycles. The fourth-order valence-corrected chi connectivity index (χ4v) is 1.99. The normalized spacial score (nSPS) is 16.2. The molecular formula is C10H11BrN2O3. The van der Waals surface area contributed by atoms with Crippen LogP contribution in [0.4, 0.5) is 5.82 Å². The smallest absolute Gasteiger partial charge is 0.335 e. The highest BCUT2D eigenvalue weighted by Gasteiger charge is 2.15. The minimum absolute atomic E-state index is 0.239. The predicted octanol–water partition coefficient (Wildman–Crippen LogP) is 1.38. The van der Waals surface area contributed by atoms with E-state index in [0.29, 0.717) is 23.6 Å². The fraction of sp³-hybridized carbons (Fsp3) is 0.400. The van der Waals surface area contributed by atoms with Crippen LogP contribution in [0.1, 0.15) is 10.4 Å².